The number of hydrogen-bond acceptors (Lipinski definition) is 3. The van der Waals surface area contributed by atoms with Gasteiger partial charge in [-0.3, -0.25) is 4.79 Å². The molecule has 0 heterocycles. The number of nitrogens with one attached hydrogen (secondary N) is 1. The van der Waals surface area contributed by atoms with Crippen LogP contribution >= 0.6 is 12.4 Å². The topological polar surface area (TPSA) is 64.3 Å². The van der Waals surface area contributed by atoms with E-state index < -0.39 is 0 Å². The van der Waals surface area contributed by atoms with Crippen LogP contribution < -0.4 is 15.8 Å². The highest BCUT2D eigenvalue weighted by molar-refractivity contribution is 5.85. The fourth-order valence-electron chi connectivity index (χ4n) is 1.54. The SMILES string of the molecule is COc1cc(CNC(=O)CC(C)N)ccc1C.Cl. The molecule has 1 amide bonds. The smallest absolute Gasteiger partial charge is 0.221 e. The zero-order valence-electron chi connectivity index (χ0n) is 11.0. The van der Waals surface area contributed by atoms with Crippen LogP contribution in [0.5, 0.6) is 5.75 Å². The molecule has 3 N–H and O–H groups in total. The molecule has 0 saturated carbocycles. The van der Waals surface area contributed by atoms with Crippen molar-refractivity contribution in [1.82, 2.24) is 5.32 Å². The predicted octanol–water partition coefficient (Wildman–Crippen LogP) is 1.78. The lowest BCUT2D eigenvalue weighted by atomic mass is 10.1. The van der Waals surface area contributed by atoms with Crippen LogP contribution in [0.4, 0.5) is 0 Å². The van der Waals surface area contributed by atoms with Crippen molar-refractivity contribution in [3.8, 4) is 5.75 Å². The van der Waals surface area contributed by atoms with Crippen LogP contribution in [-0.4, -0.2) is 19.1 Å². The predicted molar refractivity (Wildman–Crippen MR) is 75.1 cm³/mol. The van der Waals surface area contributed by atoms with Gasteiger partial charge in [0.2, 0.25) is 5.91 Å². The van der Waals surface area contributed by atoms with E-state index in [4.69, 9.17) is 10.5 Å². The number of aryl methyl sites for hydroxylation is 1. The van der Waals surface area contributed by atoms with Gasteiger partial charge in [0.1, 0.15) is 5.75 Å². The van der Waals surface area contributed by atoms with Crippen molar-refractivity contribution in [2.24, 2.45) is 5.73 Å². The molecule has 1 rings (SSSR count). The first-order chi connectivity index (χ1) is 8.02. The van der Waals surface area contributed by atoms with Crippen molar-refractivity contribution in [2.45, 2.75) is 32.9 Å². The molecule has 4 nitrogen and oxygen atoms in total. The fourth-order valence-corrected chi connectivity index (χ4v) is 1.54. The number of nitrogens with two attached hydrogens (primary N) is 1. The third-order valence-corrected chi connectivity index (χ3v) is 2.47. The maximum absolute atomic E-state index is 11.4. The van der Waals surface area contributed by atoms with Gasteiger partial charge >= 0.3 is 0 Å². The maximum Gasteiger partial charge on any atom is 0.221 e. The maximum atomic E-state index is 11.4. The molecule has 1 unspecified atom stereocenters. The lowest BCUT2D eigenvalue weighted by molar-refractivity contribution is -0.121. The van der Waals surface area contributed by atoms with Crippen molar-refractivity contribution >= 4 is 18.3 Å². The van der Waals surface area contributed by atoms with E-state index >= 15 is 0 Å². The number of benzene rings is 1. The summed E-state index contributed by atoms with van der Waals surface area (Å²) in [6.07, 6.45) is 0.350. The van der Waals surface area contributed by atoms with Gasteiger partial charge in [0.15, 0.2) is 0 Å². The van der Waals surface area contributed by atoms with Gasteiger partial charge in [-0.15, -0.1) is 12.4 Å². The van der Waals surface area contributed by atoms with Crippen LogP contribution in [-0.2, 0) is 11.3 Å². The molecule has 1 atom stereocenters. The highest BCUT2D eigenvalue weighted by Crippen LogP contribution is 2.18. The molecule has 0 saturated heterocycles. The van der Waals surface area contributed by atoms with E-state index in [-0.39, 0.29) is 24.4 Å². The summed E-state index contributed by atoms with van der Waals surface area (Å²) in [5, 5.41) is 2.83. The van der Waals surface area contributed by atoms with E-state index in [1.54, 1.807) is 7.11 Å². The van der Waals surface area contributed by atoms with Gasteiger partial charge < -0.3 is 15.8 Å². The average molecular weight is 273 g/mol. The second-order valence-corrected chi connectivity index (χ2v) is 4.26. The lowest BCUT2D eigenvalue weighted by Gasteiger charge is -2.10. The number of halogens is 1. The molecule has 1 aromatic rings. The summed E-state index contributed by atoms with van der Waals surface area (Å²) in [4.78, 5) is 11.4. The number of rotatable bonds is 5. The third-order valence-electron chi connectivity index (χ3n) is 2.47. The fraction of sp³-hybridized carbons (Fsp3) is 0.462. The summed E-state index contributed by atoms with van der Waals surface area (Å²) in [6, 6.07) is 5.78. The third kappa shape index (κ3) is 5.38. The summed E-state index contributed by atoms with van der Waals surface area (Å²) >= 11 is 0. The van der Waals surface area contributed by atoms with E-state index in [1.165, 1.54) is 0 Å². The molecule has 18 heavy (non-hydrogen) atoms. The van der Waals surface area contributed by atoms with Crippen molar-refractivity contribution in [3.05, 3.63) is 29.3 Å². The Morgan fingerprint density at radius 2 is 2.17 bits per heavy atom. The number of ether oxygens (including phenoxy) is 1. The van der Waals surface area contributed by atoms with Gasteiger partial charge in [0.25, 0.3) is 0 Å². The van der Waals surface area contributed by atoms with Crippen LogP contribution in [0.2, 0.25) is 0 Å². The quantitative estimate of drug-likeness (QED) is 0.859. The Morgan fingerprint density at radius 3 is 2.72 bits per heavy atom. The molecule has 1 aromatic carbocycles. The Kier molecular flexibility index (Phi) is 7.39. The van der Waals surface area contributed by atoms with Gasteiger partial charge in [0, 0.05) is 19.0 Å². The molecule has 0 radical (unpaired) electrons. The minimum absolute atomic E-state index is 0. The van der Waals surface area contributed by atoms with Crippen LogP contribution in [0.3, 0.4) is 0 Å². The molecular weight excluding hydrogens is 252 g/mol. The Labute approximate surface area is 114 Å². The molecule has 102 valence electrons. The summed E-state index contributed by atoms with van der Waals surface area (Å²) in [5.74, 6) is 0.809. The van der Waals surface area contributed by atoms with Gasteiger partial charge in [-0.2, -0.15) is 0 Å². The summed E-state index contributed by atoms with van der Waals surface area (Å²) in [7, 11) is 1.64. The van der Waals surface area contributed by atoms with E-state index in [0.717, 1.165) is 16.9 Å². The molecule has 0 aliphatic rings. The normalized spacial score (nSPS) is 11.3. The first kappa shape index (κ1) is 16.7. The minimum atomic E-state index is -0.109. The van der Waals surface area contributed by atoms with E-state index in [9.17, 15) is 4.79 Å². The number of carbonyl (C=O) groups excluding carboxylic acids is 1. The Hall–Kier alpha value is -1.26. The molecule has 0 spiro atoms. The van der Waals surface area contributed by atoms with Crippen LogP contribution in [0.15, 0.2) is 18.2 Å². The highest BCUT2D eigenvalue weighted by Gasteiger charge is 2.05. The van der Waals surface area contributed by atoms with Gasteiger partial charge in [-0.1, -0.05) is 12.1 Å². The Bertz CT molecular complexity index is 395. The molecule has 0 fully saturated rings. The largest absolute Gasteiger partial charge is 0.496 e. The average Bonchev–Trinajstić information content (AvgIpc) is 2.27. The first-order valence-electron chi connectivity index (χ1n) is 5.68. The van der Waals surface area contributed by atoms with E-state index in [0.29, 0.717) is 13.0 Å². The Morgan fingerprint density at radius 1 is 1.50 bits per heavy atom. The van der Waals surface area contributed by atoms with Crippen molar-refractivity contribution in [3.63, 3.8) is 0 Å². The second kappa shape index (κ2) is 7.95. The number of amides is 1. The summed E-state index contributed by atoms with van der Waals surface area (Å²) < 4.78 is 5.22. The van der Waals surface area contributed by atoms with Crippen LogP contribution in [0.1, 0.15) is 24.5 Å². The van der Waals surface area contributed by atoms with E-state index in [2.05, 4.69) is 5.32 Å². The highest BCUT2D eigenvalue weighted by atomic mass is 35.5. The van der Waals surface area contributed by atoms with Crippen molar-refractivity contribution in [1.29, 1.82) is 0 Å². The summed E-state index contributed by atoms with van der Waals surface area (Å²) in [5.41, 5.74) is 7.65. The molecule has 0 aromatic heterocycles. The molecular formula is C13H21ClN2O2. The molecule has 0 aliphatic heterocycles. The van der Waals surface area contributed by atoms with Gasteiger partial charge in [-0.25, -0.2) is 0 Å². The number of carbonyl (C=O) groups is 1. The van der Waals surface area contributed by atoms with Crippen molar-refractivity contribution in [2.75, 3.05) is 7.11 Å². The zero-order chi connectivity index (χ0) is 12.8. The number of hydrogen-bond donors (Lipinski definition) is 2. The zero-order valence-corrected chi connectivity index (χ0v) is 11.8. The van der Waals surface area contributed by atoms with Crippen LogP contribution in [0.25, 0.3) is 0 Å². The van der Waals surface area contributed by atoms with Gasteiger partial charge in [-0.05, 0) is 31.0 Å². The van der Waals surface area contributed by atoms with Crippen molar-refractivity contribution < 1.29 is 9.53 Å². The standard InChI is InChI=1S/C13H20N2O2.ClH/c1-9-4-5-11(7-12(9)17-3)8-15-13(16)6-10(2)14;/h4-5,7,10H,6,8,14H2,1-3H3,(H,15,16);1H. The Balaban J connectivity index is 0.00000289. The molecule has 0 aliphatic carbocycles. The first-order valence-corrected chi connectivity index (χ1v) is 5.68. The second-order valence-electron chi connectivity index (χ2n) is 4.26. The van der Waals surface area contributed by atoms with E-state index in [1.807, 2.05) is 32.0 Å². The minimum Gasteiger partial charge on any atom is -0.496 e. The molecule has 0 bridgehead atoms. The lowest BCUT2D eigenvalue weighted by Crippen LogP contribution is -2.29. The van der Waals surface area contributed by atoms with Crippen LogP contribution in [0, 0.1) is 6.92 Å². The monoisotopic (exact) mass is 272 g/mol. The molecule has 5 heteroatoms. The summed E-state index contributed by atoms with van der Waals surface area (Å²) in [6.45, 7) is 4.30. The number of methoxy groups -OCH3 is 1. The van der Waals surface area contributed by atoms with Gasteiger partial charge in [0.05, 0.1) is 7.11 Å².